The van der Waals surface area contributed by atoms with Gasteiger partial charge in [0.15, 0.2) is 0 Å². The van der Waals surface area contributed by atoms with Crippen molar-refractivity contribution >= 4 is 58.2 Å². The Kier molecular flexibility index (Phi) is 6.41. The van der Waals surface area contributed by atoms with E-state index in [2.05, 4.69) is 0 Å². The van der Waals surface area contributed by atoms with Crippen molar-refractivity contribution in [2.24, 2.45) is 0 Å². The number of methoxy groups -OCH3 is 1. The third-order valence-corrected chi connectivity index (χ3v) is 6.17. The molecule has 162 valence electrons. The van der Waals surface area contributed by atoms with Gasteiger partial charge in [0, 0.05) is 16.7 Å². The average Bonchev–Trinajstić information content (AvgIpc) is 3.35. The zero-order chi connectivity index (χ0) is 22.8. The first kappa shape index (κ1) is 22.2. The second-order valence-electron chi connectivity index (χ2n) is 6.78. The predicted molar refractivity (Wildman–Crippen MR) is 123 cm³/mol. The lowest BCUT2D eigenvalue weighted by molar-refractivity contribution is -0.123. The fourth-order valence-electron chi connectivity index (χ4n) is 3.07. The van der Waals surface area contributed by atoms with Gasteiger partial charge in [0.2, 0.25) is 0 Å². The van der Waals surface area contributed by atoms with Gasteiger partial charge in [-0.3, -0.25) is 14.5 Å². The van der Waals surface area contributed by atoms with Gasteiger partial charge < -0.3 is 9.15 Å². The Labute approximate surface area is 197 Å². The van der Waals surface area contributed by atoms with Crippen LogP contribution in [0.25, 0.3) is 17.4 Å². The van der Waals surface area contributed by atoms with Crippen LogP contribution in [0.5, 0.6) is 0 Å². The van der Waals surface area contributed by atoms with E-state index in [1.165, 1.54) is 18.1 Å². The van der Waals surface area contributed by atoms with Crippen LogP contribution in [0, 0.1) is 0 Å². The van der Waals surface area contributed by atoms with Gasteiger partial charge in [0.05, 0.1) is 29.1 Å². The Balaban J connectivity index is 1.54. The molecule has 1 aliphatic rings. The molecule has 1 aromatic heterocycles. The Bertz CT molecular complexity index is 1250. The van der Waals surface area contributed by atoms with Gasteiger partial charge in [-0.15, -0.1) is 0 Å². The highest BCUT2D eigenvalue weighted by atomic mass is 35.5. The molecular formula is C23H15Cl2NO5S. The summed E-state index contributed by atoms with van der Waals surface area (Å²) < 4.78 is 10.5. The summed E-state index contributed by atoms with van der Waals surface area (Å²) in [6.07, 6.45) is 1.52. The van der Waals surface area contributed by atoms with E-state index < -0.39 is 11.9 Å². The summed E-state index contributed by atoms with van der Waals surface area (Å²) in [6.45, 7) is 0.156. The molecule has 9 heteroatoms. The second-order valence-corrected chi connectivity index (χ2v) is 8.62. The molecule has 0 spiro atoms. The standard InChI is InChI=1S/C23H15Cl2NO5S/c1-30-22(28)17-10-14(4-8-18(17)25)19-9-7-16(31-19)11-20-21(27)26(23(29)32-20)12-13-2-5-15(24)6-3-13/h2-11H,12H2,1H3/b20-11+. The molecule has 1 aliphatic heterocycles. The molecule has 0 saturated carbocycles. The van der Waals surface area contributed by atoms with E-state index in [-0.39, 0.29) is 27.3 Å². The van der Waals surface area contributed by atoms with Gasteiger partial charge in [0.1, 0.15) is 11.5 Å². The predicted octanol–water partition coefficient (Wildman–Crippen LogP) is 6.28. The molecule has 32 heavy (non-hydrogen) atoms. The summed E-state index contributed by atoms with van der Waals surface area (Å²) in [5.74, 6) is -0.0876. The number of thioether (sulfide) groups is 1. The molecule has 2 amide bonds. The minimum absolute atomic E-state index is 0.156. The van der Waals surface area contributed by atoms with Crippen molar-refractivity contribution in [3.8, 4) is 11.3 Å². The smallest absolute Gasteiger partial charge is 0.339 e. The Hall–Kier alpha value is -3.00. The normalized spacial score (nSPS) is 15.0. The zero-order valence-electron chi connectivity index (χ0n) is 16.6. The topological polar surface area (TPSA) is 76.8 Å². The first-order valence-electron chi connectivity index (χ1n) is 9.33. The van der Waals surface area contributed by atoms with Crippen LogP contribution in [-0.2, 0) is 16.1 Å². The fourth-order valence-corrected chi connectivity index (χ4v) is 4.21. The molecule has 1 saturated heterocycles. The largest absolute Gasteiger partial charge is 0.465 e. The van der Waals surface area contributed by atoms with E-state index in [0.717, 1.165) is 17.3 Å². The van der Waals surface area contributed by atoms with Crippen LogP contribution >= 0.6 is 35.0 Å². The molecule has 0 unspecified atom stereocenters. The molecule has 0 atom stereocenters. The number of nitrogens with zero attached hydrogens (tertiary/aromatic N) is 1. The first-order valence-corrected chi connectivity index (χ1v) is 10.9. The Morgan fingerprint density at radius 3 is 2.56 bits per heavy atom. The van der Waals surface area contributed by atoms with Crippen LogP contribution in [0.3, 0.4) is 0 Å². The Morgan fingerprint density at radius 2 is 1.84 bits per heavy atom. The summed E-state index contributed by atoms with van der Waals surface area (Å²) in [6, 6.07) is 15.2. The van der Waals surface area contributed by atoms with Gasteiger partial charge in [-0.25, -0.2) is 4.79 Å². The molecule has 2 heterocycles. The van der Waals surface area contributed by atoms with Crippen LogP contribution < -0.4 is 0 Å². The van der Waals surface area contributed by atoms with E-state index in [9.17, 15) is 14.4 Å². The summed E-state index contributed by atoms with van der Waals surface area (Å²) in [5, 5.41) is 0.487. The number of carbonyl (C=O) groups is 3. The molecule has 2 aromatic carbocycles. The van der Waals surface area contributed by atoms with E-state index in [1.54, 1.807) is 54.6 Å². The Morgan fingerprint density at radius 1 is 1.09 bits per heavy atom. The molecule has 6 nitrogen and oxygen atoms in total. The number of hydrogen-bond donors (Lipinski definition) is 0. The number of furan rings is 1. The molecule has 1 fully saturated rings. The van der Waals surface area contributed by atoms with Crippen molar-refractivity contribution in [2.45, 2.75) is 6.54 Å². The average molecular weight is 488 g/mol. The van der Waals surface area contributed by atoms with Gasteiger partial charge >= 0.3 is 5.97 Å². The first-order chi connectivity index (χ1) is 15.4. The number of amides is 2. The van der Waals surface area contributed by atoms with Crippen molar-refractivity contribution in [1.29, 1.82) is 0 Å². The van der Waals surface area contributed by atoms with Crippen LogP contribution in [-0.4, -0.2) is 29.1 Å². The van der Waals surface area contributed by atoms with Crippen LogP contribution in [0.2, 0.25) is 10.0 Å². The highest BCUT2D eigenvalue weighted by Gasteiger charge is 2.35. The number of hydrogen-bond acceptors (Lipinski definition) is 6. The SMILES string of the molecule is COC(=O)c1cc(-c2ccc(/C=C3/SC(=O)N(Cc4ccc(Cl)cc4)C3=O)o2)ccc1Cl. The molecule has 0 bridgehead atoms. The number of rotatable bonds is 5. The van der Waals surface area contributed by atoms with Crippen molar-refractivity contribution in [2.75, 3.05) is 7.11 Å². The van der Waals surface area contributed by atoms with E-state index in [4.69, 9.17) is 32.4 Å². The molecular weight excluding hydrogens is 473 g/mol. The number of imide groups is 1. The van der Waals surface area contributed by atoms with Gasteiger partial charge in [0.25, 0.3) is 11.1 Å². The zero-order valence-corrected chi connectivity index (χ0v) is 19.0. The monoisotopic (exact) mass is 487 g/mol. The molecule has 3 aromatic rings. The van der Waals surface area contributed by atoms with Gasteiger partial charge in [-0.2, -0.15) is 0 Å². The third kappa shape index (κ3) is 4.60. The third-order valence-electron chi connectivity index (χ3n) is 4.68. The van der Waals surface area contributed by atoms with E-state index >= 15 is 0 Å². The lowest BCUT2D eigenvalue weighted by Crippen LogP contribution is -2.27. The molecule has 0 N–H and O–H groups in total. The van der Waals surface area contributed by atoms with Crippen LogP contribution in [0.1, 0.15) is 21.7 Å². The maximum Gasteiger partial charge on any atom is 0.339 e. The summed E-state index contributed by atoms with van der Waals surface area (Å²) in [7, 11) is 1.27. The lowest BCUT2D eigenvalue weighted by Gasteiger charge is -2.12. The number of carbonyl (C=O) groups excluding carboxylic acids is 3. The summed E-state index contributed by atoms with van der Waals surface area (Å²) >= 11 is 12.8. The molecule has 4 rings (SSSR count). The number of ether oxygens (including phenoxy) is 1. The van der Waals surface area contributed by atoms with Crippen LogP contribution in [0.4, 0.5) is 4.79 Å². The second kappa shape index (κ2) is 9.24. The quantitative estimate of drug-likeness (QED) is 0.311. The summed E-state index contributed by atoms with van der Waals surface area (Å²) in [5.41, 5.74) is 1.63. The van der Waals surface area contributed by atoms with Crippen molar-refractivity contribution < 1.29 is 23.5 Å². The maximum atomic E-state index is 12.7. The number of benzene rings is 2. The number of esters is 1. The summed E-state index contributed by atoms with van der Waals surface area (Å²) in [4.78, 5) is 38.4. The fraction of sp³-hybridized carbons (Fsp3) is 0.0870. The lowest BCUT2D eigenvalue weighted by atomic mass is 10.1. The molecule has 0 radical (unpaired) electrons. The van der Waals surface area contributed by atoms with Crippen molar-refractivity contribution in [3.05, 3.63) is 86.4 Å². The van der Waals surface area contributed by atoms with E-state index in [0.29, 0.717) is 22.1 Å². The van der Waals surface area contributed by atoms with Crippen molar-refractivity contribution in [1.82, 2.24) is 4.90 Å². The number of halogens is 2. The van der Waals surface area contributed by atoms with E-state index in [1.807, 2.05) is 0 Å². The van der Waals surface area contributed by atoms with Gasteiger partial charge in [-0.05, 0) is 59.8 Å². The minimum Gasteiger partial charge on any atom is -0.465 e. The van der Waals surface area contributed by atoms with Crippen LogP contribution in [0.15, 0.2) is 63.9 Å². The van der Waals surface area contributed by atoms with Gasteiger partial charge in [-0.1, -0.05) is 35.3 Å². The molecule has 0 aliphatic carbocycles. The minimum atomic E-state index is -0.557. The highest BCUT2D eigenvalue weighted by Crippen LogP contribution is 2.35. The highest BCUT2D eigenvalue weighted by molar-refractivity contribution is 8.18. The maximum absolute atomic E-state index is 12.7. The van der Waals surface area contributed by atoms with Crippen molar-refractivity contribution in [3.63, 3.8) is 0 Å².